The van der Waals surface area contributed by atoms with Gasteiger partial charge in [-0.2, -0.15) is 0 Å². The van der Waals surface area contributed by atoms with Gasteiger partial charge in [0.25, 0.3) is 0 Å². The van der Waals surface area contributed by atoms with Crippen molar-refractivity contribution in [3.05, 3.63) is 23.9 Å². The molecule has 1 aromatic rings. The summed E-state index contributed by atoms with van der Waals surface area (Å²) in [6, 6.07) is 5.13. The van der Waals surface area contributed by atoms with Crippen LogP contribution in [0, 0.1) is 0 Å². The highest BCUT2D eigenvalue weighted by Crippen LogP contribution is 2.30. The zero-order valence-electron chi connectivity index (χ0n) is 11.7. The van der Waals surface area contributed by atoms with Gasteiger partial charge in [0.05, 0.1) is 0 Å². The minimum Gasteiger partial charge on any atom is -0.354 e. The molecule has 0 aliphatic heterocycles. The van der Waals surface area contributed by atoms with E-state index >= 15 is 0 Å². The molecule has 1 aromatic heterocycles. The van der Waals surface area contributed by atoms with Crippen LogP contribution in [-0.4, -0.2) is 24.1 Å². The largest absolute Gasteiger partial charge is 0.354 e. The van der Waals surface area contributed by atoms with Gasteiger partial charge in [-0.3, -0.25) is 0 Å². The van der Waals surface area contributed by atoms with Crippen molar-refractivity contribution in [1.82, 2.24) is 10.3 Å². The average molecular weight is 247 g/mol. The van der Waals surface area contributed by atoms with Crippen LogP contribution in [0.25, 0.3) is 0 Å². The van der Waals surface area contributed by atoms with Gasteiger partial charge in [-0.1, -0.05) is 19.9 Å². The predicted octanol–water partition coefficient (Wildman–Crippen LogP) is 2.96. The number of rotatable bonds is 8. The van der Waals surface area contributed by atoms with Crippen molar-refractivity contribution in [1.29, 1.82) is 0 Å². The normalized spacial score (nSPS) is 14.8. The maximum atomic E-state index is 4.62. The molecule has 0 aromatic carbocycles. The Hall–Kier alpha value is -1.09. The van der Waals surface area contributed by atoms with Crippen LogP contribution in [0.5, 0.6) is 0 Å². The van der Waals surface area contributed by atoms with E-state index in [1.807, 2.05) is 6.20 Å². The Morgan fingerprint density at radius 2 is 2.11 bits per heavy atom. The van der Waals surface area contributed by atoms with Crippen molar-refractivity contribution < 1.29 is 0 Å². The fraction of sp³-hybridized carbons (Fsp3) is 0.667. The molecule has 0 unspecified atom stereocenters. The fourth-order valence-electron chi connectivity index (χ4n) is 2.21. The van der Waals surface area contributed by atoms with E-state index < -0.39 is 0 Å². The first kappa shape index (κ1) is 13.3. The number of aromatic nitrogens is 1. The van der Waals surface area contributed by atoms with Gasteiger partial charge in [0.2, 0.25) is 0 Å². The van der Waals surface area contributed by atoms with Crippen LogP contribution in [0.1, 0.15) is 45.1 Å². The summed E-state index contributed by atoms with van der Waals surface area (Å²) in [5, 5.41) is 3.41. The van der Waals surface area contributed by atoms with Gasteiger partial charge < -0.3 is 10.2 Å². The molecule has 1 saturated carbocycles. The van der Waals surface area contributed by atoms with Gasteiger partial charge in [0.1, 0.15) is 5.82 Å². The summed E-state index contributed by atoms with van der Waals surface area (Å²) in [5.41, 5.74) is 1.28. The van der Waals surface area contributed by atoms with E-state index in [0.29, 0.717) is 0 Å². The first-order valence-electron chi connectivity index (χ1n) is 7.27. The van der Waals surface area contributed by atoms with Crippen molar-refractivity contribution in [3.63, 3.8) is 0 Å². The maximum absolute atomic E-state index is 4.62. The lowest BCUT2D eigenvalue weighted by atomic mass is 10.2. The third-order valence-corrected chi connectivity index (χ3v) is 3.31. The van der Waals surface area contributed by atoms with E-state index in [1.54, 1.807) is 0 Å². The van der Waals surface area contributed by atoms with Crippen molar-refractivity contribution in [2.24, 2.45) is 0 Å². The fourth-order valence-corrected chi connectivity index (χ4v) is 2.21. The molecule has 1 N–H and O–H groups in total. The molecule has 100 valence electrons. The molecule has 18 heavy (non-hydrogen) atoms. The monoisotopic (exact) mass is 247 g/mol. The molecular weight excluding hydrogens is 222 g/mol. The molecule has 2 rings (SSSR count). The predicted molar refractivity (Wildman–Crippen MR) is 76.9 cm³/mol. The lowest BCUT2D eigenvalue weighted by Gasteiger charge is -2.22. The highest BCUT2D eigenvalue weighted by atomic mass is 15.2. The van der Waals surface area contributed by atoms with Crippen molar-refractivity contribution in [2.75, 3.05) is 18.0 Å². The number of hydrogen-bond donors (Lipinski definition) is 1. The maximum Gasteiger partial charge on any atom is 0.128 e. The van der Waals surface area contributed by atoms with Gasteiger partial charge in [-0.25, -0.2) is 4.98 Å². The standard InChI is InChI=1S/C15H25N3/c1-3-9-16-11-13-5-8-15(17-12-13)18(10-4-2)14-6-7-14/h5,8,12,14,16H,3-4,6-7,9-11H2,1-2H3. The topological polar surface area (TPSA) is 28.2 Å². The minimum atomic E-state index is 0.751. The van der Waals surface area contributed by atoms with Gasteiger partial charge >= 0.3 is 0 Å². The van der Waals surface area contributed by atoms with Crippen LogP contribution < -0.4 is 10.2 Å². The van der Waals surface area contributed by atoms with Gasteiger partial charge in [0, 0.05) is 25.3 Å². The van der Waals surface area contributed by atoms with Crippen LogP contribution in [0.3, 0.4) is 0 Å². The number of pyridine rings is 1. The van der Waals surface area contributed by atoms with Crippen molar-refractivity contribution in [3.8, 4) is 0 Å². The Kier molecular flexibility index (Phi) is 5.00. The van der Waals surface area contributed by atoms with E-state index in [1.165, 1.54) is 31.2 Å². The van der Waals surface area contributed by atoms with E-state index in [4.69, 9.17) is 0 Å². The molecule has 0 radical (unpaired) electrons. The Bertz CT molecular complexity index is 343. The first-order valence-corrected chi connectivity index (χ1v) is 7.27. The molecule has 3 heteroatoms. The highest BCUT2D eigenvalue weighted by Gasteiger charge is 2.29. The summed E-state index contributed by atoms with van der Waals surface area (Å²) in [6.07, 6.45) is 7.06. The zero-order chi connectivity index (χ0) is 12.8. The van der Waals surface area contributed by atoms with Crippen LogP contribution in [0.15, 0.2) is 18.3 Å². The van der Waals surface area contributed by atoms with Gasteiger partial charge in [0.15, 0.2) is 0 Å². The molecule has 3 nitrogen and oxygen atoms in total. The number of nitrogens with zero attached hydrogens (tertiary/aromatic N) is 2. The second-order valence-corrected chi connectivity index (χ2v) is 5.13. The number of anilines is 1. The van der Waals surface area contributed by atoms with Crippen LogP contribution in [0.4, 0.5) is 5.82 Å². The third-order valence-electron chi connectivity index (χ3n) is 3.31. The molecule has 1 aliphatic rings. The summed E-state index contributed by atoms with van der Waals surface area (Å²) < 4.78 is 0. The molecule has 1 heterocycles. The molecule has 0 bridgehead atoms. The van der Waals surface area contributed by atoms with Crippen LogP contribution in [-0.2, 0) is 6.54 Å². The Morgan fingerprint density at radius 3 is 2.67 bits per heavy atom. The minimum absolute atomic E-state index is 0.751. The molecular formula is C15H25N3. The Labute approximate surface area is 111 Å². The number of nitrogens with one attached hydrogen (secondary N) is 1. The first-order chi connectivity index (χ1) is 8.85. The molecule has 1 aliphatic carbocycles. The van der Waals surface area contributed by atoms with E-state index in [2.05, 4.69) is 41.2 Å². The second-order valence-electron chi connectivity index (χ2n) is 5.13. The van der Waals surface area contributed by atoms with Gasteiger partial charge in [-0.15, -0.1) is 0 Å². The van der Waals surface area contributed by atoms with E-state index in [-0.39, 0.29) is 0 Å². The van der Waals surface area contributed by atoms with Gasteiger partial charge in [-0.05, 0) is 43.9 Å². The lowest BCUT2D eigenvalue weighted by molar-refractivity contribution is 0.673. The molecule has 1 fully saturated rings. The SMILES string of the molecule is CCCNCc1ccc(N(CCC)C2CC2)nc1. The Balaban J connectivity index is 1.92. The van der Waals surface area contributed by atoms with E-state index in [0.717, 1.165) is 31.5 Å². The summed E-state index contributed by atoms with van der Waals surface area (Å²) in [6.45, 7) is 7.56. The van der Waals surface area contributed by atoms with Crippen LogP contribution in [0.2, 0.25) is 0 Å². The quantitative estimate of drug-likeness (QED) is 0.716. The highest BCUT2D eigenvalue weighted by molar-refractivity contribution is 5.42. The summed E-state index contributed by atoms with van der Waals surface area (Å²) in [4.78, 5) is 7.09. The average Bonchev–Trinajstić information content (AvgIpc) is 3.22. The molecule has 0 saturated heterocycles. The van der Waals surface area contributed by atoms with Crippen LogP contribution >= 0.6 is 0 Å². The van der Waals surface area contributed by atoms with E-state index in [9.17, 15) is 0 Å². The molecule has 0 amide bonds. The Morgan fingerprint density at radius 1 is 1.28 bits per heavy atom. The molecule has 0 spiro atoms. The summed E-state index contributed by atoms with van der Waals surface area (Å²) in [5.74, 6) is 1.15. The third kappa shape index (κ3) is 3.70. The van der Waals surface area contributed by atoms with Crippen molar-refractivity contribution in [2.45, 2.75) is 52.1 Å². The number of hydrogen-bond acceptors (Lipinski definition) is 3. The second kappa shape index (κ2) is 6.74. The van der Waals surface area contributed by atoms with Crippen molar-refractivity contribution >= 4 is 5.82 Å². The summed E-state index contributed by atoms with van der Waals surface area (Å²) in [7, 11) is 0. The molecule has 0 atom stereocenters. The summed E-state index contributed by atoms with van der Waals surface area (Å²) >= 11 is 0. The lowest BCUT2D eigenvalue weighted by Crippen LogP contribution is -2.27. The zero-order valence-corrected chi connectivity index (χ0v) is 11.7. The smallest absolute Gasteiger partial charge is 0.128 e.